The van der Waals surface area contributed by atoms with E-state index in [-0.39, 0.29) is 6.29 Å². The number of allylic oxidation sites excluding steroid dienone is 1. The van der Waals surface area contributed by atoms with Crippen LogP contribution in [0.25, 0.3) is 11.3 Å². The van der Waals surface area contributed by atoms with Gasteiger partial charge in [0.25, 0.3) is 0 Å². The van der Waals surface area contributed by atoms with Gasteiger partial charge in [0, 0.05) is 23.2 Å². The Morgan fingerprint density at radius 1 is 1.09 bits per heavy atom. The molecular formula is C18H17Cl2NO2. The highest BCUT2D eigenvalue weighted by Crippen LogP contribution is 2.29. The third kappa shape index (κ3) is 3.93. The van der Waals surface area contributed by atoms with Gasteiger partial charge in [-0.15, -0.1) is 0 Å². The Kier molecular flexibility index (Phi) is 5.34. The third-order valence-electron chi connectivity index (χ3n) is 3.66. The van der Waals surface area contributed by atoms with E-state index in [4.69, 9.17) is 32.7 Å². The van der Waals surface area contributed by atoms with Gasteiger partial charge in [0.1, 0.15) is 0 Å². The van der Waals surface area contributed by atoms with Gasteiger partial charge in [-0.2, -0.15) is 0 Å². The maximum absolute atomic E-state index is 6.05. The van der Waals surface area contributed by atoms with E-state index in [0.29, 0.717) is 29.2 Å². The van der Waals surface area contributed by atoms with E-state index in [9.17, 15) is 0 Å². The lowest BCUT2D eigenvalue weighted by Crippen LogP contribution is -2.25. The lowest BCUT2D eigenvalue weighted by Gasteiger charge is -2.28. The van der Waals surface area contributed by atoms with Crippen LogP contribution in [0, 0.1) is 5.92 Å². The zero-order valence-electron chi connectivity index (χ0n) is 12.7. The van der Waals surface area contributed by atoms with Crippen molar-refractivity contribution in [1.29, 1.82) is 0 Å². The van der Waals surface area contributed by atoms with Gasteiger partial charge in [0.2, 0.25) is 0 Å². The maximum atomic E-state index is 6.05. The summed E-state index contributed by atoms with van der Waals surface area (Å²) >= 11 is 12.0. The van der Waals surface area contributed by atoms with Crippen molar-refractivity contribution in [1.82, 2.24) is 4.98 Å². The minimum atomic E-state index is -0.355. The molecule has 1 fully saturated rings. The summed E-state index contributed by atoms with van der Waals surface area (Å²) in [6.45, 7) is 3.31. The summed E-state index contributed by atoms with van der Waals surface area (Å²) in [6, 6.07) is 9.36. The first-order valence-electron chi connectivity index (χ1n) is 7.45. The first kappa shape index (κ1) is 16.5. The fourth-order valence-electron chi connectivity index (χ4n) is 2.46. The van der Waals surface area contributed by atoms with Crippen LogP contribution in [-0.2, 0) is 9.47 Å². The fourth-order valence-corrected chi connectivity index (χ4v) is 2.76. The Morgan fingerprint density at radius 3 is 2.48 bits per heavy atom. The molecule has 0 radical (unpaired) electrons. The molecule has 2 aromatic rings. The van der Waals surface area contributed by atoms with Crippen LogP contribution in [0.3, 0.4) is 0 Å². The van der Waals surface area contributed by atoms with Crippen molar-refractivity contribution in [3.8, 4) is 11.3 Å². The Labute approximate surface area is 145 Å². The van der Waals surface area contributed by atoms with Crippen molar-refractivity contribution in [3.05, 3.63) is 64.3 Å². The second kappa shape index (κ2) is 7.45. The van der Waals surface area contributed by atoms with Gasteiger partial charge >= 0.3 is 0 Å². The van der Waals surface area contributed by atoms with E-state index in [1.165, 1.54) is 0 Å². The molecule has 0 amide bonds. The Bertz CT molecular complexity index is 693. The van der Waals surface area contributed by atoms with Crippen molar-refractivity contribution in [2.75, 3.05) is 13.2 Å². The highest BCUT2D eigenvalue weighted by Gasteiger charge is 2.22. The SMILES string of the molecule is C/C=C/C1COC(c2ccc(-c3ccc(Cl)c(Cl)c3)nc2)OC1. The highest BCUT2D eigenvalue weighted by molar-refractivity contribution is 6.42. The van der Waals surface area contributed by atoms with Crippen LogP contribution in [0.5, 0.6) is 0 Å². The minimum absolute atomic E-state index is 0.319. The zero-order chi connectivity index (χ0) is 16.2. The van der Waals surface area contributed by atoms with Gasteiger partial charge in [0.15, 0.2) is 6.29 Å². The van der Waals surface area contributed by atoms with Gasteiger partial charge in [-0.3, -0.25) is 4.98 Å². The fraction of sp³-hybridized carbons (Fsp3) is 0.278. The summed E-state index contributed by atoms with van der Waals surface area (Å²) in [7, 11) is 0. The molecule has 23 heavy (non-hydrogen) atoms. The molecule has 0 bridgehead atoms. The molecule has 0 spiro atoms. The number of pyridine rings is 1. The number of benzene rings is 1. The third-order valence-corrected chi connectivity index (χ3v) is 4.40. The smallest absolute Gasteiger partial charge is 0.185 e. The van der Waals surface area contributed by atoms with Crippen molar-refractivity contribution < 1.29 is 9.47 Å². The van der Waals surface area contributed by atoms with Crippen LogP contribution >= 0.6 is 23.2 Å². The topological polar surface area (TPSA) is 31.4 Å². The average Bonchev–Trinajstić information content (AvgIpc) is 2.59. The molecular weight excluding hydrogens is 333 g/mol. The number of halogens is 2. The molecule has 0 unspecified atom stereocenters. The highest BCUT2D eigenvalue weighted by atomic mass is 35.5. The first-order valence-corrected chi connectivity index (χ1v) is 8.20. The maximum Gasteiger partial charge on any atom is 0.185 e. The number of hydrogen-bond acceptors (Lipinski definition) is 3. The molecule has 2 heterocycles. The summed E-state index contributed by atoms with van der Waals surface area (Å²) in [5.41, 5.74) is 2.66. The summed E-state index contributed by atoms with van der Waals surface area (Å²) in [4.78, 5) is 4.47. The van der Waals surface area contributed by atoms with E-state index < -0.39 is 0 Å². The van der Waals surface area contributed by atoms with Crippen LogP contribution < -0.4 is 0 Å². The minimum Gasteiger partial charge on any atom is -0.348 e. The monoisotopic (exact) mass is 349 g/mol. The van der Waals surface area contributed by atoms with Crippen LogP contribution in [0.1, 0.15) is 18.8 Å². The van der Waals surface area contributed by atoms with Crippen LogP contribution in [0.2, 0.25) is 10.0 Å². The van der Waals surface area contributed by atoms with Crippen molar-refractivity contribution >= 4 is 23.2 Å². The quantitative estimate of drug-likeness (QED) is 0.705. The van der Waals surface area contributed by atoms with E-state index in [1.807, 2.05) is 31.2 Å². The lowest BCUT2D eigenvalue weighted by molar-refractivity contribution is -0.197. The van der Waals surface area contributed by atoms with Crippen molar-refractivity contribution in [2.45, 2.75) is 13.2 Å². The molecule has 1 saturated heterocycles. The molecule has 1 aromatic heterocycles. The number of nitrogens with zero attached hydrogens (tertiary/aromatic N) is 1. The molecule has 1 aromatic carbocycles. The number of aromatic nitrogens is 1. The number of hydrogen-bond donors (Lipinski definition) is 0. The summed E-state index contributed by atoms with van der Waals surface area (Å²) in [5, 5.41) is 1.05. The molecule has 0 N–H and O–H groups in total. The molecule has 3 nitrogen and oxygen atoms in total. The molecule has 5 heteroatoms. The van der Waals surface area contributed by atoms with Crippen LogP contribution in [-0.4, -0.2) is 18.2 Å². The van der Waals surface area contributed by atoms with Crippen molar-refractivity contribution in [2.24, 2.45) is 5.92 Å². The van der Waals surface area contributed by atoms with Gasteiger partial charge in [0.05, 0.1) is 29.0 Å². The Hall–Kier alpha value is -1.39. The van der Waals surface area contributed by atoms with Gasteiger partial charge in [-0.1, -0.05) is 47.5 Å². The van der Waals surface area contributed by atoms with E-state index in [2.05, 4.69) is 11.1 Å². The van der Waals surface area contributed by atoms with Gasteiger partial charge < -0.3 is 9.47 Å². The van der Waals surface area contributed by atoms with Crippen molar-refractivity contribution in [3.63, 3.8) is 0 Å². The van der Waals surface area contributed by atoms with Crippen LogP contribution in [0.15, 0.2) is 48.7 Å². The summed E-state index contributed by atoms with van der Waals surface area (Å²) in [6.07, 6.45) is 5.54. The second-order valence-corrected chi connectivity index (χ2v) is 6.20. The summed E-state index contributed by atoms with van der Waals surface area (Å²) < 4.78 is 11.5. The predicted octanol–water partition coefficient (Wildman–Crippen LogP) is 5.29. The van der Waals surface area contributed by atoms with E-state index >= 15 is 0 Å². The predicted molar refractivity (Wildman–Crippen MR) is 92.6 cm³/mol. The lowest BCUT2D eigenvalue weighted by atomic mass is 10.1. The molecule has 0 atom stereocenters. The molecule has 0 saturated carbocycles. The molecule has 120 valence electrons. The molecule has 1 aliphatic rings. The number of rotatable bonds is 3. The molecule has 3 rings (SSSR count). The zero-order valence-corrected chi connectivity index (χ0v) is 14.2. The van der Waals surface area contributed by atoms with Gasteiger partial charge in [-0.25, -0.2) is 0 Å². The standard InChI is InChI=1S/C18H17Cl2NO2/c1-2-3-12-10-22-18(23-11-12)14-5-7-17(21-9-14)13-4-6-15(19)16(20)8-13/h2-9,12,18H,10-11H2,1H3/b3-2+. The number of ether oxygens (including phenoxy) is 2. The first-order chi connectivity index (χ1) is 11.2. The Balaban J connectivity index is 1.71. The van der Waals surface area contributed by atoms with Crippen LogP contribution in [0.4, 0.5) is 0 Å². The Morgan fingerprint density at radius 2 is 1.87 bits per heavy atom. The second-order valence-electron chi connectivity index (χ2n) is 5.39. The van der Waals surface area contributed by atoms with E-state index in [0.717, 1.165) is 16.8 Å². The van der Waals surface area contributed by atoms with Gasteiger partial charge in [-0.05, 0) is 25.1 Å². The largest absolute Gasteiger partial charge is 0.348 e. The van der Waals surface area contributed by atoms with E-state index in [1.54, 1.807) is 18.3 Å². The summed E-state index contributed by atoms with van der Waals surface area (Å²) in [5.74, 6) is 0.319. The average molecular weight is 350 g/mol. The molecule has 1 aliphatic heterocycles. The molecule has 0 aliphatic carbocycles. The normalized spacial score (nSPS) is 21.7.